The highest BCUT2D eigenvalue weighted by molar-refractivity contribution is 7.99. The van der Waals surface area contributed by atoms with E-state index in [0.29, 0.717) is 9.79 Å². The van der Waals surface area contributed by atoms with Gasteiger partial charge in [-0.15, -0.1) is 11.8 Å². The van der Waals surface area contributed by atoms with E-state index < -0.39 is 0 Å². The number of hydrogen-bond acceptors (Lipinski definition) is 3. The average Bonchev–Trinajstić information content (AvgIpc) is 2.87. The van der Waals surface area contributed by atoms with Gasteiger partial charge in [0.25, 0.3) is 0 Å². The Kier molecular flexibility index (Phi) is 2.69. The van der Waals surface area contributed by atoms with Crippen LogP contribution in [0.5, 0.6) is 5.88 Å². The van der Waals surface area contributed by atoms with Crippen molar-refractivity contribution in [3.63, 3.8) is 0 Å². The molecule has 0 aliphatic carbocycles. The first-order chi connectivity index (χ1) is 8.18. The van der Waals surface area contributed by atoms with Crippen LogP contribution in [0.1, 0.15) is 0 Å². The Labute approximate surface area is 113 Å². The molecule has 0 saturated carbocycles. The molecule has 0 atom stereocenters. The second-order valence-electron chi connectivity index (χ2n) is 3.72. The van der Waals surface area contributed by atoms with Crippen LogP contribution in [0.4, 0.5) is 0 Å². The van der Waals surface area contributed by atoms with Crippen LogP contribution in [0.3, 0.4) is 0 Å². The van der Waals surface area contributed by atoms with Crippen molar-refractivity contribution in [2.45, 2.75) is 11.6 Å². The van der Waals surface area contributed by atoms with Crippen molar-refractivity contribution in [1.82, 2.24) is 9.13 Å². The maximum absolute atomic E-state index is 10.2. The maximum Gasteiger partial charge on any atom is 0.229 e. The topological polar surface area (TPSA) is 30.1 Å². The first-order valence-corrected chi connectivity index (χ1v) is 6.89. The third kappa shape index (κ3) is 1.69. The van der Waals surface area contributed by atoms with E-state index in [9.17, 15) is 5.11 Å². The van der Waals surface area contributed by atoms with E-state index in [-0.39, 0.29) is 5.88 Å². The van der Waals surface area contributed by atoms with Gasteiger partial charge in [-0.25, -0.2) is 0 Å². The van der Waals surface area contributed by atoms with E-state index in [1.165, 1.54) is 0 Å². The summed E-state index contributed by atoms with van der Waals surface area (Å²) in [7, 11) is 0. The van der Waals surface area contributed by atoms with Gasteiger partial charge < -0.3 is 9.67 Å². The summed E-state index contributed by atoms with van der Waals surface area (Å²) in [6.45, 7) is 0.854. The van der Waals surface area contributed by atoms with Crippen molar-refractivity contribution < 1.29 is 5.11 Å². The summed E-state index contributed by atoms with van der Waals surface area (Å²) in [4.78, 5) is 0. The second kappa shape index (κ2) is 4.08. The second-order valence-corrected chi connectivity index (χ2v) is 5.61. The predicted octanol–water partition coefficient (Wildman–Crippen LogP) is 3.47. The summed E-state index contributed by atoms with van der Waals surface area (Å²) in [6.07, 6.45) is 0. The fraction of sp³-hybridized carbons (Fsp3) is 0.182. The Hall–Kier alpha value is -0.910. The zero-order chi connectivity index (χ0) is 12.0. The smallest absolute Gasteiger partial charge is 0.229 e. The summed E-state index contributed by atoms with van der Waals surface area (Å²) < 4.78 is 4.27. The van der Waals surface area contributed by atoms with Crippen LogP contribution in [-0.2, 0) is 6.54 Å². The molecule has 2 aromatic rings. The molecule has 0 fully saturated rings. The molecule has 0 bridgehead atoms. The van der Waals surface area contributed by atoms with Gasteiger partial charge in [0.15, 0.2) is 4.77 Å². The number of aromatic nitrogens is 2. The lowest BCUT2D eigenvalue weighted by atomic mass is 10.3. The molecule has 3 nitrogen and oxygen atoms in total. The van der Waals surface area contributed by atoms with Crippen molar-refractivity contribution in [1.29, 1.82) is 0 Å². The van der Waals surface area contributed by atoms with Crippen molar-refractivity contribution in [3.05, 3.63) is 34.1 Å². The minimum absolute atomic E-state index is 0.222. The number of fused-ring (bicyclic) bond motifs is 1. The fourth-order valence-corrected chi connectivity index (χ4v) is 3.49. The predicted molar refractivity (Wildman–Crippen MR) is 72.0 cm³/mol. The number of aromatic hydroxyl groups is 1. The highest BCUT2D eigenvalue weighted by Crippen LogP contribution is 2.37. The molecule has 0 radical (unpaired) electrons. The lowest BCUT2D eigenvalue weighted by Gasteiger charge is -2.05. The van der Waals surface area contributed by atoms with Crippen LogP contribution in [0.15, 0.2) is 29.3 Å². The molecule has 2 heterocycles. The minimum atomic E-state index is 0.222. The third-order valence-electron chi connectivity index (χ3n) is 2.71. The van der Waals surface area contributed by atoms with Gasteiger partial charge in [-0.05, 0) is 36.5 Å². The number of rotatable bonds is 1. The zero-order valence-electron chi connectivity index (χ0n) is 8.76. The standard InChI is InChI=1S/C11H9ClN2OS2/c12-7-1-3-8(4-2-7)14-9(15)10-13(11(14)16)5-6-17-10/h1-4,15H,5-6H2. The monoisotopic (exact) mass is 284 g/mol. The molecule has 1 N–H and O–H groups in total. The molecule has 0 spiro atoms. The van der Waals surface area contributed by atoms with Gasteiger partial charge >= 0.3 is 0 Å². The number of benzene rings is 1. The number of halogens is 1. The van der Waals surface area contributed by atoms with Crippen LogP contribution >= 0.6 is 35.6 Å². The van der Waals surface area contributed by atoms with Crippen molar-refractivity contribution in [2.75, 3.05) is 5.75 Å². The highest BCUT2D eigenvalue weighted by atomic mass is 35.5. The molecule has 0 saturated heterocycles. The Morgan fingerprint density at radius 3 is 2.65 bits per heavy atom. The minimum Gasteiger partial charge on any atom is -0.492 e. The maximum atomic E-state index is 10.2. The van der Waals surface area contributed by atoms with E-state index in [1.807, 2.05) is 16.7 Å². The lowest BCUT2D eigenvalue weighted by Crippen LogP contribution is -1.98. The van der Waals surface area contributed by atoms with Gasteiger partial charge in [0.2, 0.25) is 5.88 Å². The van der Waals surface area contributed by atoms with Crippen LogP contribution in [0.2, 0.25) is 5.02 Å². The molecule has 17 heavy (non-hydrogen) atoms. The van der Waals surface area contributed by atoms with Crippen LogP contribution < -0.4 is 0 Å². The van der Waals surface area contributed by atoms with Crippen molar-refractivity contribution in [3.8, 4) is 11.6 Å². The summed E-state index contributed by atoms with van der Waals surface area (Å²) >= 11 is 12.8. The van der Waals surface area contributed by atoms with Crippen molar-refractivity contribution >= 4 is 35.6 Å². The summed E-state index contributed by atoms with van der Waals surface area (Å²) in [5.74, 6) is 1.19. The molecule has 88 valence electrons. The zero-order valence-corrected chi connectivity index (χ0v) is 11.1. The van der Waals surface area contributed by atoms with E-state index in [2.05, 4.69) is 0 Å². The molecule has 0 unspecified atom stereocenters. The van der Waals surface area contributed by atoms with Gasteiger partial charge in [0.05, 0.1) is 5.69 Å². The fourth-order valence-electron chi connectivity index (χ4n) is 1.91. The third-order valence-corrected chi connectivity index (χ3v) is 4.43. The van der Waals surface area contributed by atoms with Gasteiger partial charge in [0, 0.05) is 17.3 Å². The molecule has 3 rings (SSSR count). The molecule has 1 aliphatic rings. The molecule has 1 aromatic heterocycles. The SMILES string of the molecule is Oc1c2n(c(=S)n1-c1ccc(Cl)cc1)CCS2. The van der Waals surface area contributed by atoms with E-state index in [4.69, 9.17) is 23.8 Å². The first-order valence-electron chi connectivity index (χ1n) is 5.12. The molecule has 1 aliphatic heterocycles. The number of thioether (sulfide) groups is 1. The number of imidazole rings is 1. The number of nitrogens with zero attached hydrogens (tertiary/aromatic N) is 2. The van der Waals surface area contributed by atoms with Crippen molar-refractivity contribution in [2.24, 2.45) is 0 Å². The Morgan fingerprint density at radius 2 is 2.00 bits per heavy atom. The quantitative estimate of drug-likeness (QED) is 0.813. The summed E-state index contributed by atoms with van der Waals surface area (Å²) in [6, 6.07) is 7.26. The summed E-state index contributed by atoms with van der Waals surface area (Å²) in [5, 5.41) is 11.7. The summed E-state index contributed by atoms with van der Waals surface area (Å²) in [5.41, 5.74) is 0.833. The van der Waals surface area contributed by atoms with Gasteiger partial charge in [-0.3, -0.25) is 4.57 Å². The van der Waals surface area contributed by atoms with Gasteiger partial charge in [-0.1, -0.05) is 11.6 Å². The largest absolute Gasteiger partial charge is 0.492 e. The van der Waals surface area contributed by atoms with E-state index >= 15 is 0 Å². The van der Waals surface area contributed by atoms with Gasteiger partial charge in [-0.2, -0.15) is 0 Å². The first kappa shape index (κ1) is 11.2. The van der Waals surface area contributed by atoms with E-state index in [1.54, 1.807) is 28.5 Å². The normalized spacial score (nSPS) is 13.9. The highest BCUT2D eigenvalue weighted by Gasteiger charge is 2.22. The van der Waals surface area contributed by atoms with Crippen LogP contribution in [-0.4, -0.2) is 20.0 Å². The van der Waals surface area contributed by atoms with Crippen LogP contribution in [0, 0.1) is 4.77 Å². The average molecular weight is 285 g/mol. The molecular formula is C11H9ClN2OS2. The van der Waals surface area contributed by atoms with E-state index in [0.717, 1.165) is 23.0 Å². The van der Waals surface area contributed by atoms with Crippen LogP contribution in [0.25, 0.3) is 5.69 Å². The van der Waals surface area contributed by atoms with Gasteiger partial charge in [0.1, 0.15) is 5.03 Å². The Morgan fingerprint density at radius 1 is 1.29 bits per heavy atom. The Balaban J connectivity index is 2.22. The lowest BCUT2D eigenvalue weighted by molar-refractivity contribution is 0.427. The molecule has 6 heteroatoms. The molecule has 1 aromatic carbocycles. The molecular weight excluding hydrogens is 276 g/mol. The molecule has 0 amide bonds. The number of hydrogen-bond donors (Lipinski definition) is 1. The Bertz CT molecular complexity index is 630.